The highest BCUT2D eigenvalue weighted by Crippen LogP contribution is 2.36. The smallest absolute Gasteiger partial charge is 0.331 e. The number of sulfonamides is 1. The van der Waals surface area contributed by atoms with Crippen molar-refractivity contribution < 1.29 is 12.9 Å². The highest BCUT2D eigenvalue weighted by molar-refractivity contribution is 7.89. The van der Waals surface area contributed by atoms with Crippen LogP contribution in [0.3, 0.4) is 0 Å². The number of nitrogens with one attached hydrogen (secondary N) is 1. The van der Waals surface area contributed by atoms with E-state index < -0.39 is 26.8 Å². The van der Waals surface area contributed by atoms with Crippen LogP contribution < -0.4 is 16.0 Å². The summed E-state index contributed by atoms with van der Waals surface area (Å²) in [4.78, 5) is 26.8. The summed E-state index contributed by atoms with van der Waals surface area (Å²) in [6, 6.07) is 6.06. The maximum Gasteiger partial charge on any atom is 0.331 e. The monoisotopic (exact) mass is 474 g/mol. The van der Waals surface area contributed by atoms with Gasteiger partial charge in [-0.15, -0.1) is 0 Å². The van der Waals surface area contributed by atoms with Gasteiger partial charge in [-0.05, 0) is 50.8 Å². The second-order valence-electron chi connectivity index (χ2n) is 9.25. The number of rotatable bonds is 9. The standard InChI is InChI=1S/C23H30N4O5S/c1-5-16(6-2)13-26-20-8-7-18(33(30,31)25-23(4)9-10-23)12-19(20)21(28)27(22(26)29)14-17-11-15(3)24-32-17/h7-8,11-12,16,25H,5-6,9-10,13-14H2,1-4H3. The largest absolute Gasteiger partial charge is 0.359 e. The summed E-state index contributed by atoms with van der Waals surface area (Å²) < 4.78 is 36.5. The van der Waals surface area contributed by atoms with E-state index in [-0.39, 0.29) is 22.7 Å². The molecule has 10 heteroatoms. The number of aromatic nitrogens is 3. The number of benzene rings is 1. The van der Waals surface area contributed by atoms with Crippen LogP contribution in [-0.4, -0.2) is 28.2 Å². The van der Waals surface area contributed by atoms with Crippen molar-refractivity contribution in [2.75, 3.05) is 0 Å². The number of nitrogens with zero attached hydrogens (tertiary/aromatic N) is 3. The van der Waals surface area contributed by atoms with Crippen LogP contribution in [0.25, 0.3) is 10.9 Å². The molecule has 0 spiro atoms. The molecule has 1 aromatic carbocycles. The Labute approximate surface area is 192 Å². The molecule has 0 aliphatic heterocycles. The van der Waals surface area contributed by atoms with Crippen molar-refractivity contribution in [2.45, 2.75) is 76.9 Å². The SMILES string of the molecule is CCC(CC)Cn1c(=O)n(Cc2cc(C)no2)c(=O)c2cc(S(=O)(=O)NC3(C)CC3)ccc21. The predicted molar refractivity (Wildman–Crippen MR) is 125 cm³/mol. The fraction of sp³-hybridized carbons (Fsp3) is 0.522. The van der Waals surface area contributed by atoms with Crippen LogP contribution in [0.2, 0.25) is 0 Å². The van der Waals surface area contributed by atoms with E-state index in [9.17, 15) is 18.0 Å². The summed E-state index contributed by atoms with van der Waals surface area (Å²) in [7, 11) is -3.80. The van der Waals surface area contributed by atoms with E-state index >= 15 is 0 Å². The van der Waals surface area contributed by atoms with Crippen molar-refractivity contribution >= 4 is 20.9 Å². The van der Waals surface area contributed by atoms with Gasteiger partial charge in [-0.25, -0.2) is 17.9 Å². The van der Waals surface area contributed by atoms with E-state index in [1.807, 2.05) is 6.92 Å². The number of hydrogen-bond donors (Lipinski definition) is 1. The Kier molecular flexibility index (Phi) is 6.09. The van der Waals surface area contributed by atoms with Gasteiger partial charge in [0, 0.05) is 18.2 Å². The maximum absolute atomic E-state index is 13.4. The van der Waals surface area contributed by atoms with Gasteiger partial charge in [0.15, 0.2) is 5.76 Å². The fourth-order valence-corrected chi connectivity index (χ4v) is 5.50. The summed E-state index contributed by atoms with van der Waals surface area (Å²) in [5.74, 6) is 0.622. The molecule has 9 nitrogen and oxygen atoms in total. The summed E-state index contributed by atoms with van der Waals surface area (Å²) in [5, 5.41) is 4.01. The van der Waals surface area contributed by atoms with Gasteiger partial charge < -0.3 is 4.52 Å². The van der Waals surface area contributed by atoms with Crippen LogP contribution in [-0.2, 0) is 23.1 Å². The minimum Gasteiger partial charge on any atom is -0.359 e. The zero-order valence-corrected chi connectivity index (χ0v) is 20.2. The third-order valence-electron chi connectivity index (χ3n) is 6.47. The van der Waals surface area contributed by atoms with Gasteiger partial charge in [0.2, 0.25) is 10.0 Å². The zero-order valence-electron chi connectivity index (χ0n) is 19.4. The Morgan fingerprint density at radius 3 is 2.42 bits per heavy atom. The second-order valence-corrected chi connectivity index (χ2v) is 10.9. The third kappa shape index (κ3) is 4.67. The summed E-state index contributed by atoms with van der Waals surface area (Å²) in [5.41, 5.74) is -0.373. The lowest BCUT2D eigenvalue weighted by atomic mass is 10.0. The molecular formula is C23H30N4O5S. The molecule has 1 saturated carbocycles. The first-order valence-electron chi connectivity index (χ1n) is 11.3. The van der Waals surface area contributed by atoms with E-state index in [2.05, 4.69) is 23.7 Å². The van der Waals surface area contributed by atoms with Gasteiger partial charge in [0.05, 0.1) is 28.0 Å². The van der Waals surface area contributed by atoms with Crippen LogP contribution >= 0.6 is 0 Å². The molecule has 178 valence electrons. The van der Waals surface area contributed by atoms with Gasteiger partial charge in [-0.2, -0.15) is 0 Å². The summed E-state index contributed by atoms with van der Waals surface area (Å²) in [6.07, 6.45) is 3.30. The van der Waals surface area contributed by atoms with Gasteiger partial charge in [-0.1, -0.05) is 31.8 Å². The van der Waals surface area contributed by atoms with Crippen LogP contribution in [0.1, 0.15) is 57.9 Å². The molecule has 0 bridgehead atoms. The van der Waals surface area contributed by atoms with Crippen molar-refractivity contribution in [3.8, 4) is 0 Å². The molecule has 1 aliphatic carbocycles. The second kappa shape index (κ2) is 8.57. The van der Waals surface area contributed by atoms with E-state index in [0.717, 1.165) is 30.3 Å². The minimum absolute atomic E-state index is 0.00927. The maximum atomic E-state index is 13.4. The molecule has 1 aliphatic rings. The molecule has 2 heterocycles. The predicted octanol–water partition coefficient (Wildman–Crippen LogP) is 2.77. The first-order chi connectivity index (χ1) is 15.6. The lowest BCUT2D eigenvalue weighted by Crippen LogP contribution is -2.41. The average molecular weight is 475 g/mol. The normalized spacial score (nSPS) is 15.4. The Hall–Kier alpha value is -2.72. The van der Waals surface area contributed by atoms with E-state index in [1.54, 1.807) is 23.6 Å². The number of hydrogen-bond acceptors (Lipinski definition) is 6. The van der Waals surface area contributed by atoms with E-state index in [1.165, 1.54) is 12.1 Å². The molecule has 1 N–H and O–H groups in total. The first kappa shape index (κ1) is 23.4. The third-order valence-corrected chi connectivity index (χ3v) is 8.11. The fourth-order valence-electron chi connectivity index (χ4n) is 4.01. The number of aryl methyl sites for hydroxylation is 1. The molecule has 2 aromatic heterocycles. The lowest BCUT2D eigenvalue weighted by molar-refractivity contribution is 0.364. The molecular weight excluding hydrogens is 444 g/mol. The molecule has 4 rings (SSSR count). The van der Waals surface area contributed by atoms with Gasteiger partial charge in [0.1, 0.15) is 0 Å². The molecule has 0 amide bonds. The Balaban J connectivity index is 1.90. The van der Waals surface area contributed by atoms with Crippen molar-refractivity contribution in [2.24, 2.45) is 5.92 Å². The topological polar surface area (TPSA) is 116 Å². The van der Waals surface area contributed by atoms with Crippen LogP contribution in [0.5, 0.6) is 0 Å². The van der Waals surface area contributed by atoms with Crippen molar-refractivity contribution in [1.29, 1.82) is 0 Å². The van der Waals surface area contributed by atoms with Crippen molar-refractivity contribution in [3.05, 3.63) is 56.6 Å². The molecule has 0 radical (unpaired) electrons. The molecule has 1 fully saturated rings. The lowest BCUT2D eigenvalue weighted by Gasteiger charge is -2.19. The minimum atomic E-state index is -3.80. The van der Waals surface area contributed by atoms with Gasteiger partial charge >= 0.3 is 5.69 Å². The average Bonchev–Trinajstić information content (AvgIpc) is 3.34. The van der Waals surface area contributed by atoms with Crippen LogP contribution in [0.4, 0.5) is 0 Å². The Morgan fingerprint density at radius 1 is 1.15 bits per heavy atom. The Bertz CT molecular complexity index is 1410. The van der Waals surface area contributed by atoms with Crippen LogP contribution in [0, 0.1) is 12.8 Å². The first-order valence-corrected chi connectivity index (χ1v) is 12.8. The van der Waals surface area contributed by atoms with Crippen molar-refractivity contribution in [3.63, 3.8) is 0 Å². The summed E-state index contributed by atoms with van der Waals surface area (Å²) in [6.45, 7) is 8.08. The number of fused-ring (bicyclic) bond motifs is 1. The highest BCUT2D eigenvalue weighted by atomic mass is 32.2. The molecule has 0 atom stereocenters. The molecule has 0 saturated heterocycles. The van der Waals surface area contributed by atoms with Gasteiger partial charge in [-0.3, -0.25) is 13.9 Å². The summed E-state index contributed by atoms with van der Waals surface area (Å²) >= 11 is 0. The Morgan fingerprint density at radius 2 is 1.85 bits per heavy atom. The van der Waals surface area contributed by atoms with Crippen molar-refractivity contribution in [1.82, 2.24) is 19.0 Å². The molecule has 33 heavy (non-hydrogen) atoms. The molecule has 3 aromatic rings. The van der Waals surface area contributed by atoms with E-state index in [4.69, 9.17) is 4.52 Å². The molecule has 0 unspecified atom stereocenters. The van der Waals surface area contributed by atoms with Crippen LogP contribution in [0.15, 0.2) is 43.3 Å². The van der Waals surface area contributed by atoms with E-state index in [0.29, 0.717) is 23.5 Å². The quantitative estimate of drug-likeness (QED) is 0.510. The van der Waals surface area contributed by atoms with Gasteiger partial charge in [0.25, 0.3) is 5.56 Å². The zero-order chi connectivity index (χ0) is 24.0. The highest BCUT2D eigenvalue weighted by Gasteiger charge is 2.41.